The summed E-state index contributed by atoms with van der Waals surface area (Å²) in [4.78, 5) is 23.5. The van der Waals surface area contributed by atoms with E-state index in [1.54, 1.807) is 6.92 Å². The van der Waals surface area contributed by atoms with Crippen molar-refractivity contribution in [2.45, 2.75) is 13.3 Å². The highest BCUT2D eigenvalue weighted by atomic mass is 19.1. The third-order valence-electron chi connectivity index (χ3n) is 3.39. The molecule has 1 aliphatic heterocycles. The maximum absolute atomic E-state index is 13.1. The third kappa shape index (κ3) is 2.64. The van der Waals surface area contributed by atoms with Crippen molar-refractivity contribution in [2.24, 2.45) is 0 Å². The lowest BCUT2D eigenvalue weighted by Gasteiger charge is -2.28. The average Bonchev–Trinajstić information content (AvgIpc) is 2.37. The molecule has 0 unspecified atom stereocenters. The number of aryl methyl sites for hydroxylation is 1. The summed E-state index contributed by atoms with van der Waals surface area (Å²) in [6.45, 7) is 1.83. The van der Waals surface area contributed by atoms with E-state index >= 15 is 0 Å². The van der Waals surface area contributed by atoms with Crippen molar-refractivity contribution in [3.8, 4) is 0 Å². The number of aliphatic carboxylic acids is 1. The molecule has 1 amide bonds. The van der Waals surface area contributed by atoms with E-state index in [0.29, 0.717) is 16.7 Å². The molecule has 1 heterocycles. The van der Waals surface area contributed by atoms with Gasteiger partial charge < -0.3 is 15.1 Å². The first-order valence-corrected chi connectivity index (χ1v) is 6.10. The Morgan fingerprint density at radius 2 is 2.00 bits per heavy atom. The van der Waals surface area contributed by atoms with Gasteiger partial charge in [0, 0.05) is 12.1 Å². The molecule has 1 aromatic rings. The molecule has 0 saturated heterocycles. The first kappa shape index (κ1) is 14.0. The van der Waals surface area contributed by atoms with Crippen molar-refractivity contribution < 1.29 is 24.2 Å². The number of benzene rings is 1. The van der Waals surface area contributed by atoms with Gasteiger partial charge in [-0.05, 0) is 42.2 Å². The molecule has 6 heteroatoms. The number of amides is 1. The number of carboxylic acids is 1. The first-order valence-electron chi connectivity index (χ1n) is 6.10. The molecule has 1 aliphatic rings. The highest BCUT2D eigenvalue weighted by molar-refractivity contribution is 5.98. The largest absolute Gasteiger partial charge is 0.478 e. The highest BCUT2D eigenvalue weighted by Crippen LogP contribution is 2.29. The lowest BCUT2D eigenvalue weighted by atomic mass is 9.91. The van der Waals surface area contributed by atoms with Crippen molar-refractivity contribution >= 4 is 17.6 Å². The van der Waals surface area contributed by atoms with Gasteiger partial charge in [0.1, 0.15) is 5.82 Å². The third-order valence-corrected chi connectivity index (χ3v) is 3.39. The lowest BCUT2D eigenvalue weighted by molar-refractivity contribution is -0.132. The van der Waals surface area contributed by atoms with E-state index in [-0.39, 0.29) is 25.1 Å². The number of carboxylic acid groups (broad SMARTS) is 2. The maximum Gasteiger partial charge on any atom is 0.407 e. The van der Waals surface area contributed by atoms with Gasteiger partial charge in [0.25, 0.3) is 0 Å². The Balaban J connectivity index is 2.51. The van der Waals surface area contributed by atoms with Gasteiger partial charge >= 0.3 is 12.1 Å². The molecule has 2 N–H and O–H groups in total. The van der Waals surface area contributed by atoms with Crippen LogP contribution in [0.4, 0.5) is 9.18 Å². The number of nitrogens with zero attached hydrogens (tertiary/aromatic N) is 1. The maximum atomic E-state index is 13.1. The van der Waals surface area contributed by atoms with Crippen LogP contribution in [0.1, 0.15) is 17.5 Å². The number of halogens is 1. The molecule has 20 heavy (non-hydrogen) atoms. The normalized spacial score (nSPS) is 15.4. The molecule has 106 valence electrons. The van der Waals surface area contributed by atoms with Gasteiger partial charge in [-0.1, -0.05) is 6.07 Å². The zero-order chi connectivity index (χ0) is 14.9. The summed E-state index contributed by atoms with van der Waals surface area (Å²) in [6.07, 6.45) is -0.944. The summed E-state index contributed by atoms with van der Waals surface area (Å²) in [5.74, 6) is -1.47. The molecule has 0 spiro atoms. The SMILES string of the molecule is Cc1cc(F)ccc1C1=C(C(=O)O)CCN(C(=O)O)C1. The number of hydrogen-bond donors (Lipinski definition) is 2. The minimum Gasteiger partial charge on any atom is -0.478 e. The van der Waals surface area contributed by atoms with Crippen LogP contribution in [0.5, 0.6) is 0 Å². The molecule has 5 nitrogen and oxygen atoms in total. The summed E-state index contributed by atoms with van der Waals surface area (Å²) >= 11 is 0. The fourth-order valence-electron chi connectivity index (χ4n) is 2.38. The Morgan fingerprint density at radius 3 is 2.55 bits per heavy atom. The van der Waals surface area contributed by atoms with Crippen LogP contribution in [-0.4, -0.2) is 40.3 Å². The van der Waals surface area contributed by atoms with Gasteiger partial charge in [-0.15, -0.1) is 0 Å². The van der Waals surface area contributed by atoms with Crippen LogP contribution in [0.2, 0.25) is 0 Å². The minimum atomic E-state index is -1.09. The van der Waals surface area contributed by atoms with E-state index in [2.05, 4.69) is 0 Å². The van der Waals surface area contributed by atoms with Gasteiger partial charge in [0.15, 0.2) is 0 Å². The molecule has 0 fully saturated rings. The van der Waals surface area contributed by atoms with Crippen LogP contribution in [0.3, 0.4) is 0 Å². The predicted molar refractivity (Wildman–Crippen MR) is 69.9 cm³/mol. The van der Waals surface area contributed by atoms with Gasteiger partial charge in [0.05, 0.1) is 6.54 Å². The quantitative estimate of drug-likeness (QED) is 0.871. The Bertz CT molecular complexity index is 609. The second kappa shape index (κ2) is 5.32. The standard InChI is InChI=1S/C14H14FNO4/c1-8-6-9(15)2-3-10(8)12-7-16(14(19)20)5-4-11(12)13(17)18/h2-3,6H,4-5,7H2,1H3,(H,17,18)(H,19,20). The molecule has 0 atom stereocenters. The molecule has 0 radical (unpaired) electrons. The van der Waals surface area contributed by atoms with Crippen LogP contribution in [-0.2, 0) is 4.79 Å². The lowest BCUT2D eigenvalue weighted by Crippen LogP contribution is -2.36. The van der Waals surface area contributed by atoms with Crippen molar-refractivity contribution in [1.82, 2.24) is 4.90 Å². The Labute approximate surface area is 114 Å². The van der Waals surface area contributed by atoms with Crippen LogP contribution >= 0.6 is 0 Å². The van der Waals surface area contributed by atoms with Crippen molar-refractivity contribution in [2.75, 3.05) is 13.1 Å². The second-order valence-electron chi connectivity index (χ2n) is 4.68. The first-order chi connectivity index (χ1) is 9.40. The van der Waals surface area contributed by atoms with Gasteiger partial charge in [-0.3, -0.25) is 0 Å². The molecular formula is C14H14FNO4. The second-order valence-corrected chi connectivity index (χ2v) is 4.68. The van der Waals surface area contributed by atoms with Crippen molar-refractivity contribution in [3.05, 3.63) is 40.7 Å². The topological polar surface area (TPSA) is 77.8 Å². The molecule has 0 bridgehead atoms. The summed E-state index contributed by atoms with van der Waals surface area (Å²) in [5, 5.41) is 18.3. The van der Waals surface area contributed by atoms with Gasteiger partial charge in [0.2, 0.25) is 0 Å². The van der Waals surface area contributed by atoms with Crippen molar-refractivity contribution in [3.63, 3.8) is 0 Å². The zero-order valence-corrected chi connectivity index (χ0v) is 10.9. The zero-order valence-electron chi connectivity index (χ0n) is 10.9. The molecule has 0 aliphatic carbocycles. The van der Waals surface area contributed by atoms with E-state index in [1.807, 2.05) is 0 Å². The number of hydrogen-bond acceptors (Lipinski definition) is 2. The molecule has 0 aromatic heterocycles. The van der Waals surface area contributed by atoms with Crippen LogP contribution in [0, 0.1) is 12.7 Å². The summed E-state index contributed by atoms with van der Waals surface area (Å²) in [6, 6.07) is 4.05. The highest BCUT2D eigenvalue weighted by Gasteiger charge is 2.27. The van der Waals surface area contributed by atoms with Crippen LogP contribution in [0.25, 0.3) is 5.57 Å². The smallest absolute Gasteiger partial charge is 0.407 e. The Morgan fingerprint density at radius 1 is 1.30 bits per heavy atom. The summed E-state index contributed by atoms with van der Waals surface area (Å²) < 4.78 is 13.1. The molecule has 0 saturated carbocycles. The molecule has 1 aromatic carbocycles. The molecule has 2 rings (SSSR count). The van der Waals surface area contributed by atoms with E-state index in [1.165, 1.54) is 18.2 Å². The minimum absolute atomic E-state index is 0.00341. The van der Waals surface area contributed by atoms with E-state index in [4.69, 9.17) is 5.11 Å². The van der Waals surface area contributed by atoms with Crippen LogP contribution < -0.4 is 0 Å². The average molecular weight is 279 g/mol. The Kier molecular flexibility index (Phi) is 3.74. The van der Waals surface area contributed by atoms with Crippen LogP contribution in [0.15, 0.2) is 23.8 Å². The molecular weight excluding hydrogens is 265 g/mol. The monoisotopic (exact) mass is 279 g/mol. The van der Waals surface area contributed by atoms with E-state index in [9.17, 15) is 19.1 Å². The van der Waals surface area contributed by atoms with Crippen molar-refractivity contribution in [1.29, 1.82) is 0 Å². The fraction of sp³-hybridized carbons (Fsp3) is 0.286. The Hall–Kier alpha value is -2.37. The van der Waals surface area contributed by atoms with E-state index < -0.39 is 17.9 Å². The van der Waals surface area contributed by atoms with Gasteiger partial charge in [-0.2, -0.15) is 0 Å². The number of carbonyl (C=O) groups is 2. The number of rotatable bonds is 2. The summed E-state index contributed by atoms with van der Waals surface area (Å²) in [5.41, 5.74) is 1.79. The summed E-state index contributed by atoms with van der Waals surface area (Å²) in [7, 11) is 0. The fourth-order valence-corrected chi connectivity index (χ4v) is 2.38. The van der Waals surface area contributed by atoms with E-state index in [0.717, 1.165) is 4.90 Å². The predicted octanol–water partition coefficient (Wildman–Crippen LogP) is 2.36. The van der Waals surface area contributed by atoms with Gasteiger partial charge in [-0.25, -0.2) is 14.0 Å².